The van der Waals surface area contributed by atoms with Gasteiger partial charge in [-0.3, -0.25) is 0 Å². The van der Waals surface area contributed by atoms with Gasteiger partial charge in [-0.15, -0.1) is 0 Å². The van der Waals surface area contributed by atoms with Crippen LogP contribution in [0.4, 0.5) is 17.6 Å². The molecule has 4 aromatic rings. The molecule has 7 heteroatoms. The molecule has 148 valence electrons. The zero-order chi connectivity index (χ0) is 20.5. The second-order valence-corrected chi connectivity index (χ2v) is 6.54. The molecule has 0 amide bonds. The van der Waals surface area contributed by atoms with Crippen molar-refractivity contribution in [2.75, 3.05) is 7.11 Å². The maximum absolute atomic E-state index is 14.5. The number of rotatable bonds is 5. The maximum atomic E-state index is 14.5. The Hall–Kier alpha value is -3.19. The molecule has 3 nitrogen and oxygen atoms in total. The fourth-order valence-electron chi connectivity index (χ4n) is 3.38. The largest absolute Gasteiger partial charge is 0.380 e. The fourth-order valence-corrected chi connectivity index (χ4v) is 3.38. The molecule has 0 N–H and O–H groups in total. The Bertz CT molecular complexity index is 1160. The van der Waals surface area contributed by atoms with Crippen molar-refractivity contribution in [2.24, 2.45) is 0 Å². The molecule has 0 aliphatic rings. The van der Waals surface area contributed by atoms with Crippen molar-refractivity contribution in [2.45, 2.75) is 13.2 Å². The molecule has 3 aromatic carbocycles. The monoisotopic (exact) mass is 400 g/mol. The Balaban J connectivity index is 2.02. The molecule has 0 bridgehead atoms. The minimum absolute atomic E-state index is 0.0539. The molecule has 29 heavy (non-hydrogen) atoms. The van der Waals surface area contributed by atoms with E-state index in [9.17, 15) is 17.6 Å². The third-order valence-electron chi connectivity index (χ3n) is 4.73. The number of hydrogen-bond donors (Lipinski definition) is 0. The number of imidazole rings is 1. The summed E-state index contributed by atoms with van der Waals surface area (Å²) in [4.78, 5) is 4.44. The predicted molar refractivity (Wildman–Crippen MR) is 101 cm³/mol. The molecule has 1 aromatic heterocycles. The van der Waals surface area contributed by atoms with Gasteiger partial charge in [0.2, 0.25) is 0 Å². The van der Waals surface area contributed by atoms with Gasteiger partial charge in [-0.05, 0) is 30.3 Å². The molecule has 0 radical (unpaired) electrons. The molecule has 0 aliphatic heterocycles. The highest BCUT2D eigenvalue weighted by molar-refractivity contribution is 5.84. The fraction of sp³-hybridized carbons (Fsp3) is 0.136. The summed E-state index contributed by atoms with van der Waals surface area (Å²) in [5, 5.41) is 0. The van der Waals surface area contributed by atoms with Crippen molar-refractivity contribution in [3.8, 4) is 11.4 Å². The van der Waals surface area contributed by atoms with Gasteiger partial charge in [0.05, 0.1) is 29.7 Å². The SMILES string of the molecule is COCc1cccc2c1nc(-c1c(F)cccc1F)n2Cc1c(F)cccc1F. The van der Waals surface area contributed by atoms with Gasteiger partial charge in [0.25, 0.3) is 0 Å². The summed E-state index contributed by atoms with van der Waals surface area (Å²) in [6.07, 6.45) is 0. The average molecular weight is 400 g/mol. The van der Waals surface area contributed by atoms with Gasteiger partial charge in [0, 0.05) is 18.2 Å². The molecule has 0 unspecified atom stereocenters. The summed E-state index contributed by atoms with van der Waals surface area (Å²) in [6, 6.07) is 12.2. The van der Waals surface area contributed by atoms with Crippen LogP contribution in [0.2, 0.25) is 0 Å². The molecular formula is C22H16F4N2O. The third kappa shape index (κ3) is 3.38. The van der Waals surface area contributed by atoms with Crippen LogP contribution < -0.4 is 0 Å². The first-order chi connectivity index (χ1) is 14.0. The summed E-state index contributed by atoms with van der Waals surface area (Å²) < 4.78 is 64.2. The Labute approximate surface area is 164 Å². The smallest absolute Gasteiger partial charge is 0.147 e. The summed E-state index contributed by atoms with van der Waals surface area (Å²) in [7, 11) is 1.52. The number of halogens is 4. The lowest BCUT2D eigenvalue weighted by Gasteiger charge is -2.12. The zero-order valence-corrected chi connectivity index (χ0v) is 15.4. The van der Waals surface area contributed by atoms with Crippen molar-refractivity contribution in [1.29, 1.82) is 0 Å². The number of fused-ring (bicyclic) bond motifs is 1. The summed E-state index contributed by atoms with van der Waals surface area (Å²) in [5.74, 6) is -3.19. The Morgan fingerprint density at radius 2 is 1.41 bits per heavy atom. The van der Waals surface area contributed by atoms with Crippen LogP contribution in [-0.4, -0.2) is 16.7 Å². The van der Waals surface area contributed by atoms with Crippen LogP contribution >= 0.6 is 0 Å². The van der Waals surface area contributed by atoms with Gasteiger partial charge in [-0.25, -0.2) is 22.5 Å². The standard InChI is InChI=1S/C22H16F4N2O/c1-29-12-13-5-2-10-19-21(13)27-22(20-17(25)8-4-9-18(20)26)28(19)11-14-15(23)6-3-7-16(14)24/h2-10H,11-12H2,1H3. The Morgan fingerprint density at radius 1 is 0.828 bits per heavy atom. The maximum Gasteiger partial charge on any atom is 0.147 e. The molecular weight excluding hydrogens is 384 g/mol. The van der Waals surface area contributed by atoms with Crippen molar-refractivity contribution >= 4 is 11.0 Å². The minimum atomic E-state index is -0.816. The summed E-state index contributed by atoms with van der Waals surface area (Å²) in [5.41, 5.74) is 1.05. The van der Waals surface area contributed by atoms with Crippen LogP contribution in [0.25, 0.3) is 22.4 Å². The van der Waals surface area contributed by atoms with Crippen LogP contribution in [0.3, 0.4) is 0 Å². The molecule has 0 saturated carbocycles. The highest BCUT2D eigenvalue weighted by Gasteiger charge is 2.22. The van der Waals surface area contributed by atoms with Gasteiger partial charge in [0.15, 0.2) is 0 Å². The van der Waals surface area contributed by atoms with E-state index in [0.717, 1.165) is 24.3 Å². The number of aromatic nitrogens is 2. The molecule has 0 aliphatic carbocycles. The first-order valence-corrected chi connectivity index (χ1v) is 8.85. The third-order valence-corrected chi connectivity index (χ3v) is 4.73. The number of benzene rings is 3. The van der Waals surface area contributed by atoms with E-state index in [4.69, 9.17) is 4.74 Å². The van der Waals surface area contributed by atoms with E-state index in [1.165, 1.54) is 23.8 Å². The van der Waals surface area contributed by atoms with Crippen LogP contribution in [0.5, 0.6) is 0 Å². The highest BCUT2D eigenvalue weighted by Crippen LogP contribution is 2.32. The van der Waals surface area contributed by atoms with E-state index in [-0.39, 0.29) is 30.1 Å². The molecule has 0 saturated heterocycles. The Kier molecular flexibility index (Phi) is 5.07. The molecule has 0 atom stereocenters. The number of hydrogen-bond acceptors (Lipinski definition) is 2. The summed E-state index contributed by atoms with van der Waals surface area (Å²) >= 11 is 0. The summed E-state index contributed by atoms with van der Waals surface area (Å²) in [6.45, 7) is -0.0594. The van der Waals surface area contributed by atoms with Crippen LogP contribution in [0.15, 0.2) is 54.6 Å². The van der Waals surface area contributed by atoms with E-state index in [0.29, 0.717) is 16.6 Å². The van der Waals surface area contributed by atoms with Gasteiger partial charge in [-0.1, -0.05) is 24.3 Å². The second-order valence-electron chi connectivity index (χ2n) is 6.54. The van der Waals surface area contributed by atoms with Gasteiger partial charge in [0.1, 0.15) is 29.1 Å². The minimum Gasteiger partial charge on any atom is -0.380 e. The highest BCUT2D eigenvalue weighted by atomic mass is 19.1. The normalized spacial score (nSPS) is 11.3. The lowest BCUT2D eigenvalue weighted by atomic mass is 10.1. The topological polar surface area (TPSA) is 27.1 Å². The van der Waals surface area contributed by atoms with Crippen LogP contribution in [-0.2, 0) is 17.9 Å². The quantitative estimate of drug-likeness (QED) is 0.416. The van der Waals surface area contributed by atoms with Crippen LogP contribution in [0.1, 0.15) is 11.1 Å². The first-order valence-electron chi connectivity index (χ1n) is 8.85. The van der Waals surface area contributed by atoms with Gasteiger partial charge in [-0.2, -0.15) is 0 Å². The van der Waals surface area contributed by atoms with Gasteiger partial charge < -0.3 is 9.30 Å². The van der Waals surface area contributed by atoms with Gasteiger partial charge >= 0.3 is 0 Å². The van der Waals surface area contributed by atoms with Crippen molar-refractivity contribution in [1.82, 2.24) is 9.55 Å². The first kappa shape index (κ1) is 19.1. The van der Waals surface area contributed by atoms with E-state index < -0.39 is 23.3 Å². The molecule has 0 spiro atoms. The van der Waals surface area contributed by atoms with E-state index in [1.54, 1.807) is 18.2 Å². The van der Waals surface area contributed by atoms with Crippen LogP contribution in [0, 0.1) is 23.3 Å². The number of nitrogens with zero attached hydrogens (tertiary/aromatic N) is 2. The van der Waals surface area contributed by atoms with E-state index >= 15 is 0 Å². The molecule has 0 fully saturated rings. The van der Waals surface area contributed by atoms with Crippen molar-refractivity contribution in [3.05, 3.63) is 89.0 Å². The van der Waals surface area contributed by atoms with Crippen molar-refractivity contribution in [3.63, 3.8) is 0 Å². The number of ether oxygens (including phenoxy) is 1. The van der Waals surface area contributed by atoms with Crippen molar-refractivity contribution < 1.29 is 22.3 Å². The molecule has 1 heterocycles. The van der Waals surface area contributed by atoms with E-state index in [2.05, 4.69) is 4.98 Å². The lowest BCUT2D eigenvalue weighted by Crippen LogP contribution is -2.08. The lowest BCUT2D eigenvalue weighted by molar-refractivity contribution is 0.186. The average Bonchev–Trinajstić information content (AvgIpc) is 3.04. The zero-order valence-electron chi connectivity index (χ0n) is 15.4. The van der Waals surface area contributed by atoms with E-state index in [1.807, 2.05) is 0 Å². The second kappa shape index (κ2) is 7.67. The molecule has 4 rings (SSSR count). The Morgan fingerprint density at radius 3 is 2.03 bits per heavy atom. The number of para-hydroxylation sites is 1. The number of methoxy groups -OCH3 is 1. The predicted octanol–water partition coefficient (Wildman–Crippen LogP) is 5.45.